The molecule has 4 heterocycles. The number of H-pyrrole nitrogens is 2. The van der Waals surface area contributed by atoms with E-state index in [0.29, 0.717) is 42.5 Å². The maximum atomic E-state index is 12.7. The molecule has 0 bridgehead atoms. The normalized spacial score (nSPS) is 14.0. The number of allylic oxidation sites excluding steroid dienone is 1. The Labute approximate surface area is 177 Å². The highest BCUT2D eigenvalue weighted by Crippen LogP contribution is 2.32. The van der Waals surface area contributed by atoms with Crippen LogP contribution in [0.2, 0.25) is 0 Å². The molecule has 31 heavy (non-hydrogen) atoms. The standard InChI is InChI=1S/C22H21N7O2/c1-11-8-17(19(30)6-7-20-23-12(2)27-28-20)26-21(11)14-4-5-16-15(9-14)10-18(25-16)22-24-13(3)29-31-22/h4-5,9-10,25H,6-8H2,1-3H3,(H,23,27,28). The number of carbonyl (C=O) groups is 1. The van der Waals surface area contributed by atoms with Gasteiger partial charge < -0.3 is 9.51 Å². The van der Waals surface area contributed by atoms with Crippen molar-refractivity contribution in [3.8, 4) is 11.6 Å². The lowest BCUT2D eigenvalue weighted by atomic mass is 10.0. The summed E-state index contributed by atoms with van der Waals surface area (Å²) in [5.74, 6) is 2.48. The minimum Gasteiger partial charge on any atom is -0.351 e. The molecule has 5 rings (SSSR count). The van der Waals surface area contributed by atoms with Gasteiger partial charge in [-0.3, -0.25) is 9.89 Å². The van der Waals surface area contributed by atoms with Gasteiger partial charge in [0.05, 0.1) is 11.4 Å². The highest BCUT2D eigenvalue weighted by molar-refractivity contribution is 6.42. The molecular formula is C22H21N7O2. The number of hydrogen-bond donors (Lipinski definition) is 2. The molecule has 156 valence electrons. The van der Waals surface area contributed by atoms with Crippen molar-refractivity contribution in [3.05, 3.63) is 52.9 Å². The molecule has 0 atom stereocenters. The summed E-state index contributed by atoms with van der Waals surface area (Å²) in [5, 5.41) is 11.7. The van der Waals surface area contributed by atoms with Crippen LogP contribution in [-0.2, 0) is 11.2 Å². The molecule has 0 aliphatic carbocycles. The smallest absolute Gasteiger partial charge is 0.274 e. The lowest BCUT2D eigenvalue weighted by Gasteiger charge is -2.02. The van der Waals surface area contributed by atoms with E-state index in [1.807, 2.05) is 32.0 Å². The van der Waals surface area contributed by atoms with E-state index in [4.69, 9.17) is 4.52 Å². The average Bonchev–Trinajstić information content (AvgIpc) is 3.52. The first kappa shape index (κ1) is 19.1. The van der Waals surface area contributed by atoms with Gasteiger partial charge in [0.1, 0.15) is 11.5 Å². The van der Waals surface area contributed by atoms with Crippen LogP contribution in [0.1, 0.15) is 42.8 Å². The molecule has 0 amide bonds. The molecule has 3 aromatic heterocycles. The third-order valence-corrected chi connectivity index (χ3v) is 5.28. The molecule has 2 N–H and O–H groups in total. The number of rotatable bonds is 6. The Morgan fingerprint density at radius 3 is 2.77 bits per heavy atom. The highest BCUT2D eigenvalue weighted by atomic mass is 16.5. The van der Waals surface area contributed by atoms with Crippen molar-refractivity contribution in [1.29, 1.82) is 0 Å². The Morgan fingerprint density at radius 2 is 2.03 bits per heavy atom. The predicted octanol–water partition coefficient (Wildman–Crippen LogP) is 3.73. The van der Waals surface area contributed by atoms with Crippen molar-refractivity contribution < 1.29 is 9.32 Å². The van der Waals surface area contributed by atoms with E-state index in [0.717, 1.165) is 39.3 Å². The number of aliphatic imine (C=N–C) groups is 1. The van der Waals surface area contributed by atoms with Crippen LogP contribution in [-0.4, -0.2) is 41.8 Å². The maximum absolute atomic E-state index is 12.7. The molecule has 0 saturated heterocycles. The minimum atomic E-state index is 0.0357. The summed E-state index contributed by atoms with van der Waals surface area (Å²) in [6.45, 7) is 5.64. The number of benzene rings is 1. The second kappa shape index (κ2) is 7.42. The number of carbonyl (C=O) groups excluding carboxylic acids is 1. The fraction of sp³-hybridized carbons (Fsp3) is 0.273. The van der Waals surface area contributed by atoms with Gasteiger partial charge in [-0.2, -0.15) is 10.1 Å². The highest BCUT2D eigenvalue weighted by Gasteiger charge is 2.22. The zero-order valence-corrected chi connectivity index (χ0v) is 17.5. The first-order valence-electron chi connectivity index (χ1n) is 10.1. The first-order chi connectivity index (χ1) is 15.0. The fourth-order valence-electron chi connectivity index (χ4n) is 3.75. The molecule has 0 spiro atoms. The van der Waals surface area contributed by atoms with E-state index in [1.165, 1.54) is 0 Å². The van der Waals surface area contributed by atoms with E-state index in [9.17, 15) is 4.79 Å². The first-order valence-corrected chi connectivity index (χ1v) is 10.1. The predicted molar refractivity (Wildman–Crippen MR) is 115 cm³/mol. The number of nitrogens with one attached hydrogen (secondary N) is 2. The molecule has 9 nitrogen and oxygen atoms in total. The Balaban J connectivity index is 1.36. The number of nitrogens with zero attached hydrogens (tertiary/aromatic N) is 5. The molecule has 4 aromatic rings. The second-order valence-electron chi connectivity index (χ2n) is 7.76. The van der Waals surface area contributed by atoms with Crippen LogP contribution in [0, 0.1) is 13.8 Å². The van der Waals surface area contributed by atoms with E-state index in [1.54, 1.807) is 6.92 Å². The number of aryl methyl sites for hydroxylation is 3. The summed E-state index contributed by atoms with van der Waals surface area (Å²) in [6, 6.07) is 8.04. The number of aromatic nitrogens is 6. The Kier molecular flexibility index (Phi) is 4.58. The number of hydrogen-bond acceptors (Lipinski definition) is 7. The van der Waals surface area contributed by atoms with Crippen molar-refractivity contribution in [2.45, 2.75) is 40.0 Å². The van der Waals surface area contributed by atoms with Crippen LogP contribution < -0.4 is 0 Å². The van der Waals surface area contributed by atoms with Gasteiger partial charge in [0, 0.05) is 35.7 Å². The second-order valence-corrected chi connectivity index (χ2v) is 7.76. The van der Waals surface area contributed by atoms with Crippen molar-refractivity contribution in [2.24, 2.45) is 4.99 Å². The molecule has 9 heteroatoms. The van der Waals surface area contributed by atoms with Gasteiger partial charge in [0.15, 0.2) is 17.4 Å². The number of aromatic amines is 2. The summed E-state index contributed by atoms with van der Waals surface area (Å²) in [6.07, 6.45) is 1.42. The van der Waals surface area contributed by atoms with Crippen molar-refractivity contribution in [1.82, 2.24) is 30.3 Å². The van der Waals surface area contributed by atoms with E-state index in [2.05, 4.69) is 41.4 Å². The Hall–Kier alpha value is -3.88. The Morgan fingerprint density at radius 1 is 1.16 bits per heavy atom. The molecule has 1 aromatic carbocycles. The molecule has 1 aliphatic rings. The van der Waals surface area contributed by atoms with Gasteiger partial charge in [-0.05, 0) is 44.5 Å². The number of ketones is 1. The third kappa shape index (κ3) is 3.70. The minimum absolute atomic E-state index is 0.0357. The van der Waals surface area contributed by atoms with Gasteiger partial charge in [-0.1, -0.05) is 11.2 Å². The van der Waals surface area contributed by atoms with Crippen LogP contribution >= 0.6 is 0 Å². The van der Waals surface area contributed by atoms with Gasteiger partial charge in [-0.15, -0.1) is 0 Å². The molecule has 0 fully saturated rings. The van der Waals surface area contributed by atoms with Crippen LogP contribution in [0.25, 0.3) is 28.2 Å². The van der Waals surface area contributed by atoms with Crippen molar-refractivity contribution >= 4 is 28.1 Å². The van der Waals surface area contributed by atoms with Crippen LogP contribution in [0.5, 0.6) is 0 Å². The SMILES string of the molecule is CC1=C(c2ccc3[nH]c(-c4nc(C)no4)cc3c2)N=C(C(=O)CCc2n[nH]c(C)n2)C1. The third-order valence-electron chi connectivity index (χ3n) is 5.28. The van der Waals surface area contributed by atoms with E-state index < -0.39 is 0 Å². The van der Waals surface area contributed by atoms with Crippen LogP contribution in [0.4, 0.5) is 0 Å². The van der Waals surface area contributed by atoms with Crippen LogP contribution in [0.15, 0.2) is 39.4 Å². The quantitative estimate of drug-likeness (QED) is 0.494. The molecule has 0 unspecified atom stereocenters. The summed E-state index contributed by atoms with van der Waals surface area (Å²) in [4.78, 5) is 29.2. The van der Waals surface area contributed by atoms with Crippen molar-refractivity contribution in [3.63, 3.8) is 0 Å². The van der Waals surface area contributed by atoms with Crippen LogP contribution in [0.3, 0.4) is 0 Å². The maximum Gasteiger partial charge on any atom is 0.274 e. The van der Waals surface area contributed by atoms with E-state index >= 15 is 0 Å². The molecule has 0 radical (unpaired) electrons. The zero-order chi connectivity index (χ0) is 21.5. The molecular weight excluding hydrogens is 394 g/mol. The average molecular weight is 415 g/mol. The lowest BCUT2D eigenvalue weighted by Crippen LogP contribution is -2.13. The number of fused-ring (bicyclic) bond motifs is 1. The topological polar surface area (TPSA) is 126 Å². The van der Waals surface area contributed by atoms with Crippen molar-refractivity contribution in [2.75, 3.05) is 0 Å². The van der Waals surface area contributed by atoms with Gasteiger partial charge >= 0.3 is 0 Å². The molecule has 1 aliphatic heterocycles. The van der Waals surface area contributed by atoms with E-state index in [-0.39, 0.29) is 5.78 Å². The summed E-state index contributed by atoms with van der Waals surface area (Å²) in [7, 11) is 0. The lowest BCUT2D eigenvalue weighted by molar-refractivity contribution is -0.113. The Bertz CT molecular complexity index is 1370. The summed E-state index contributed by atoms with van der Waals surface area (Å²) >= 11 is 0. The summed E-state index contributed by atoms with van der Waals surface area (Å²) < 4.78 is 5.25. The zero-order valence-electron chi connectivity index (χ0n) is 17.5. The van der Waals surface area contributed by atoms with Gasteiger partial charge in [-0.25, -0.2) is 9.98 Å². The number of Topliss-reactive ketones (excluding diaryl/α,β-unsaturated/α-hetero) is 1. The summed E-state index contributed by atoms with van der Waals surface area (Å²) in [5.41, 5.74) is 5.25. The van der Waals surface area contributed by atoms with Gasteiger partial charge in [0.25, 0.3) is 5.89 Å². The molecule has 0 saturated carbocycles. The fourth-order valence-corrected chi connectivity index (χ4v) is 3.75. The van der Waals surface area contributed by atoms with Gasteiger partial charge in [0.2, 0.25) is 0 Å². The monoisotopic (exact) mass is 415 g/mol. The largest absolute Gasteiger partial charge is 0.351 e.